The average Bonchev–Trinajstić information content (AvgIpc) is 3.66. The summed E-state index contributed by atoms with van der Waals surface area (Å²) in [5.41, 5.74) is 2.85. The second-order valence-corrected chi connectivity index (χ2v) is 11.6. The van der Waals surface area contributed by atoms with E-state index in [4.69, 9.17) is 14.2 Å². The van der Waals surface area contributed by atoms with Gasteiger partial charge in [-0.05, 0) is 74.1 Å². The maximum absolute atomic E-state index is 13.9. The number of rotatable bonds is 13. The summed E-state index contributed by atoms with van der Waals surface area (Å²) in [5.74, 6) is 1.22. The van der Waals surface area contributed by atoms with Crippen molar-refractivity contribution in [3.05, 3.63) is 75.5 Å². The average molecular weight is 580 g/mol. The number of benzene rings is 2. The fourth-order valence-electron chi connectivity index (χ4n) is 5.01. The highest BCUT2D eigenvalue weighted by atomic mass is 32.1. The molecule has 0 saturated carbocycles. The van der Waals surface area contributed by atoms with E-state index in [0.717, 1.165) is 41.0 Å². The first-order valence-electron chi connectivity index (χ1n) is 14.2. The van der Waals surface area contributed by atoms with E-state index in [2.05, 4.69) is 31.3 Å². The van der Waals surface area contributed by atoms with E-state index in [9.17, 15) is 9.59 Å². The van der Waals surface area contributed by atoms with Crippen molar-refractivity contribution >= 4 is 29.0 Å². The summed E-state index contributed by atoms with van der Waals surface area (Å²) in [7, 11) is 3.23. The number of amides is 3. The maximum Gasteiger partial charge on any atom is 0.322 e. The lowest BCUT2D eigenvalue weighted by molar-refractivity contribution is -0.132. The predicted molar refractivity (Wildman–Crippen MR) is 163 cm³/mol. The summed E-state index contributed by atoms with van der Waals surface area (Å²) in [6.45, 7) is 6.12. The molecule has 1 aliphatic heterocycles. The largest absolute Gasteiger partial charge is 0.493 e. The van der Waals surface area contributed by atoms with E-state index in [1.54, 1.807) is 30.5 Å². The second kappa shape index (κ2) is 14.9. The van der Waals surface area contributed by atoms with Crippen molar-refractivity contribution in [1.29, 1.82) is 0 Å². The molecule has 9 heteroatoms. The Labute approximate surface area is 247 Å². The molecule has 1 aliphatic rings. The van der Waals surface area contributed by atoms with Gasteiger partial charge in [0.05, 0.1) is 26.9 Å². The van der Waals surface area contributed by atoms with Crippen molar-refractivity contribution in [2.45, 2.75) is 52.2 Å². The van der Waals surface area contributed by atoms with E-state index in [0.29, 0.717) is 44.2 Å². The normalized spacial score (nSPS) is 14.5. The Hall–Kier alpha value is -3.56. The molecule has 2 heterocycles. The van der Waals surface area contributed by atoms with Crippen molar-refractivity contribution in [3.8, 4) is 11.5 Å². The summed E-state index contributed by atoms with van der Waals surface area (Å²) >= 11 is 1.68. The van der Waals surface area contributed by atoms with E-state index in [-0.39, 0.29) is 24.6 Å². The first-order valence-corrected chi connectivity index (χ1v) is 15.0. The Kier molecular flexibility index (Phi) is 11.0. The molecule has 1 fully saturated rings. The molecule has 1 N–H and O–H groups in total. The molecule has 3 amide bonds. The van der Waals surface area contributed by atoms with E-state index in [1.807, 2.05) is 47.4 Å². The van der Waals surface area contributed by atoms with E-state index in [1.165, 1.54) is 4.88 Å². The maximum atomic E-state index is 13.9. The van der Waals surface area contributed by atoms with Gasteiger partial charge in [0.1, 0.15) is 6.54 Å². The van der Waals surface area contributed by atoms with Crippen molar-refractivity contribution < 1.29 is 23.8 Å². The Bertz CT molecular complexity index is 1300. The number of para-hydroxylation sites is 1. The van der Waals surface area contributed by atoms with Crippen LogP contribution in [0, 0.1) is 6.92 Å². The van der Waals surface area contributed by atoms with Gasteiger partial charge in [-0.15, -0.1) is 11.3 Å². The van der Waals surface area contributed by atoms with Crippen LogP contribution in [-0.2, 0) is 28.9 Å². The molecule has 0 spiro atoms. The fraction of sp³-hybridized carbons (Fsp3) is 0.438. The molecule has 0 aliphatic carbocycles. The zero-order chi connectivity index (χ0) is 29.2. The predicted octanol–water partition coefficient (Wildman–Crippen LogP) is 5.92. The molecule has 3 aromatic rings. The van der Waals surface area contributed by atoms with E-state index >= 15 is 0 Å². The lowest BCUT2D eigenvalue weighted by Gasteiger charge is -2.29. The van der Waals surface area contributed by atoms with Gasteiger partial charge in [0, 0.05) is 35.1 Å². The number of aryl methyl sites for hydroxylation is 2. The molecule has 1 saturated heterocycles. The second-order valence-electron chi connectivity index (χ2n) is 10.2. The molecule has 4 rings (SSSR count). The molecule has 2 aromatic carbocycles. The van der Waals surface area contributed by atoms with Crippen LogP contribution in [0.1, 0.15) is 40.6 Å². The highest BCUT2D eigenvalue weighted by Crippen LogP contribution is 2.28. The molecule has 1 atom stereocenters. The fourth-order valence-corrected chi connectivity index (χ4v) is 5.92. The van der Waals surface area contributed by atoms with Gasteiger partial charge in [-0.2, -0.15) is 0 Å². The number of thiophene rings is 1. The van der Waals surface area contributed by atoms with Crippen LogP contribution in [0.3, 0.4) is 0 Å². The highest BCUT2D eigenvalue weighted by Gasteiger charge is 2.27. The summed E-state index contributed by atoms with van der Waals surface area (Å²) < 4.78 is 16.7. The number of nitrogens with one attached hydrogen (secondary N) is 1. The van der Waals surface area contributed by atoms with Crippen LogP contribution in [0.25, 0.3) is 0 Å². The van der Waals surface area contributed by atoms with Gasteiger partial charge in [-0.25, -0.2) is 4.79 Å². The van der Waals surface area contributed by atoms with Crippen LogP contribution < -0.4 is 14.8 Å². The van der Waals surface area contributed by atoms with Gasteiger partial charge < -0.3 is 29.3 Å². The molecule has 220 valence electrons. The number of ether oxygens (including phenoxy) is 3. The number of carbonyl (C=O) groups is 2. The lowest BCUT2D eigenvalue weighted by Crippen LogP contribution is -2.47. The SMILES string of the molecule is CCc1ccccc1NC(=O)N(CC(=O)N(CCc1ccc(OC)c(OC)c1)Cc1ccc(C)s1)C[C@@H]1CCCO1. The Balaban J connectivity index is 1.52. The minimum atomic E-state index is -0.290. The Morgan fingerprint density at radius 3 is 2.54 bits per heavy atom. The molecule has 0 radical (unpaired) electrons. The molecule has 0 unspecified atom stereocenters. The van der Waals surface area contributed by atoms with Crippen LogP contribution in [0.15, 0.2) is 54.6 Å². The zero-order valence-corrected chi connectivity index (χ0v) is 25.3. The number of nitrogens with zero attached hydrogens (tertiary/aromatic N) is 2. The van der Waals surface area contributed by atoms with Crippen molar-refractivity contribution in [1.82, 2.24) is 9.80 Å². The van der Waals surface area contributed by atoms with Crippen molar-refractivity contribution in [2.24, 2.45) is 0 Å². The van der Waals surface area contributed by atoms with Crippen LogP contribution >= 0.6 is 11.3 Å². The number of urea groups is 1. The molecule has 41 heavy (non-hydrogen) atoms. The number of methoxy groups -OCH3 is 2. The highest BCUT2D eigenvalue weighted by molar-refractivity contribution is 7.11. The third kappa shape index (κ3) is 8.47. The summed E-state index contributed by atoms with van der Waals surface area (Å²) in [6, 6.07) is 17.4. The monoisotopic (exact) mass is 579 g/mol. The minimum Gasteiger partial charge on any atom is -0.493 e. The van der Waals surface area contributed by atoms with Crippen LogP contribution in [-0.4, -0.2) is 68.3 Å². The van der Waals surface area contributed by atoms with Crippen molar-refractivity contribution in [2.75, 3.05) is 45.8 Å². The standard InChI is InChI=1S/C32H41N3O5S/c1-5-25-9-6-7-11-28(25)33-32(37)35(20-26-10-8-18-40-26)22-31(36)34(21-27-14-12-23(2)41-27)17-16-24-13-15-29(38-3)30(19-24)39-4/h6-7,9,11-15,19,26H,5,8,10,16-18,20-22H2,1-4H3,(H,33,37)/t26-/m0/s1. The van der Waals surface area contributed by atoms with Gasteiger partial charge in [0.2, 0.25) is 5.91 Å². The van der Waals surface area contributed by atoms with Crippen LogP contribution in [0.4, 0.5) is 10.5 Å². The number of hydrogen-bond donors (Lipinski definition) is 1. The molecular weight excluding hydrogens is 538 g/mol. The van der Waals surface area contributed by atoms with Crippen molar-refractivity contribution in [3.63, 3.8) is 0 Å². The quantitative estimate of drug-likeness (QED) is 0.272. The Morgan fingerprint density at radius 1 is 1.05 bits per heavy atom. The molecule has 1 aromatic heterocycles. The molecule has 0 bridgehead atoms. The summed E-state index contributed by atoms with van der Waals surface area (Å²) in [4.78, 5) is 33.2. The molecular formula is C32H41N3O5S. The number of hydrogen-bond acceptors (Lipinski definition) is 6. The van der Waals surface area contributed by atoms with Gasteiger partial charge >= 0.3 is 6.03 Å². The minimum absolute atomic E-state index is 0.0315. The van der Waals surface area contributed by atoms with Crippen LogP contribution in [0.5, 0.6) is 11.5 Å². The third-order valence-corrected chi connectivity index (χ3v) is 8.30. The first kappa shape index (κ1) is 30.4. The summed E-state index contributed by atoms with van der Waals surface area (Å²) in [5, 5.41) is 3.05. The first-order chi connectivity index (χ1) is 19.9. The topological polar surface area (TPSA) is 80.3 Å². The van der Waals surface area contributed by atoms with E-state index < -0.39 is 0 Å². The lowest BCUT2D eigenvalue weighted by atomic mass is 10.1. The third-order valence-electron chi connectivity index (χ3n) is 7.31. The van der Waals surface area contributed by atoms with Gasteiger partial charge in [-0.3, -0.25) is 4.79 Å². The number of anilines is 1. The number of carbonyl (C=O) groups excluding carboxylic acids is 2. The van der Waals surface area contributed by atoms with Crippen LogP contribution in [0.2, 0.25) is 0 Å². The molecule has 8 nitrogen and oxygen atoms in total. The van der Waals surface area contributed by atoms with Gasteiger partial charge in [0.25, 0.3) is 0 Å². The smallest absolute Gasteiger partial charge is 0.322 e. The van der Waals surface area contributed by atoms with Gasteiger partial charge in [0.15, 0.2) is 11.5 Å². The zero-order valence-electron chi connectivity index (χ0n) is 24.5. The summed E-state index contributed by atoms with van der Waals surface area (Å²) in [6.07, 6.45) is 3.20. The Morgan fingerprint density at radius 2 is 1.85 bits per heavy atom. The van der Waals surface area contributed by atoms with Gasteiger partial charge in [-0.1, -0.05) is 31.2 Å².